The quantitative estimate of drug-likeness (QED) is 0.542. The Bertz CT molecular complexity index is 667. The number of methoxy groups -OCH3 is 1. The van der Waals surface area contributed by atoms with E-state index in [9.17, 15) is 14.4 Å². The molecular formula is C18H23ClN2O5. The van der Waals surface area contributed by atoms with E-state index in [4.69, 9.17) is 21.1 Å². The monoisotopic (exact) mass is 382 g/mol. The smallest absolute Gasteiger partial charge is 0.312 e. The van der Waals surface area contributed by atoms with Gasteiger partial charge in [0.25, 0.3) is 5.91 Å². The highest BCUT2D eigenvalue weighted by Crippen LogP contribution is 2.24. The van der Waals surface area contributed by atoms with Crippen LogP contribution >= 0.6 is 11.6 Å². The fourth-order valence-electron chi connectivity index (χ4n) is 2.66. The van der Waals surface area contributed by atoms with Gasteiger partial charge in [-0.25, -0.2) is 0 Å². The lowest BCUT2D eigenvalue weighted by molar-refractivity contribution is -0.158. The van der Waals surface area contributed by atoms with Gasteiger partial charge in [0.15, 0.2) is 6.10 Å². The molecule has 142 valence electrons. The number of hydrogen-bond acceptors (Lipinski definition) is 5. The van der Waals surface area contributed by atoms with E-state index in [1.54, 1.807) is 11.0 Å². The number of carbonyl (C=O) groups excluding carboxylic acids is 3. The van der Waals surface area contributed by atoms with Crippen molar-refractivity contribution in [2.24, 2.45) is 5.92 Å². The summed E-state index contributed by atoms with van der Waals surface area (Å²) < 4.78 is 10.0. The fraction of sp³-hybridized carbons (Fsp3) is 0.500. The van der Waals surface area contributed by atoms with Crippen LogP contribution in [0.2, 0.25) is 5.02 Å². The molecule has 26 heavy (non-hydrogen) atoms. The highest BCUT2D eigenvalue weighted by molar-refractivity contribution is 6.31. The zero-order valence-corrected chi connectivity index (χ0v) is 15.6. The molecule has 0 aromatic heterocycles. The maximum absolute atomic E-state index is 12.3. The van der Waals surface area contributed by atoms with Crippen LogP contribution in [0.15, 0.2) is 24.3 Å². The third kappa shape index (κ3) is 5.44. The van der Waals surface area contributed by atoms with E-state index in [1.165, 1.54) is 14.0 Å². The Balaban J connectivity index is 1.86. The average molecular weight is 383 g/mol. The predicted octanol–water partition coefficient (Wildman–Crippen LogP) is 1.38. The van der Waals surface area contributed by atoms with Crippen molar-refractivity contribution in [1.82, 2.24) is 10.2 Å². The lowest BCUT2D eigenvalue weighted by Gasteiger charge is -2.18. The number of benzene rings is 1. The SMILES string of the molecule is COCCNC(=O)[C@H](C)OC(=O)[C@H]1CC(=O)N(Cc2ccccc2Cl)C1. The molecule has 0 unspecified atom stereocenters. The predicted molar refractivity (Wildman–Crippen MR) is 95.4 cm³/mol. The van der Waals surface area contributed by atoms with Gasteiger partial charge in [-0.05, 0) is 18.6 Å². The van der Waals surface area contributed by atoms with E-state index >= 15 is 0 Å². The molecule has 1 heterocycles. The Labute approximate surface area is 157 Å². The third-order valence-corrected chi connectivity index (χ3v) is 4.50. The van der Waals surface area contributed by atoms with E-state index < -0.39 is 23.9 Å². The van der Waals surface area contributed by atoms with Crippen molar-refractivity contribution in [3.8, 4) is 0 Å². The minimum absolute atomic E-state index is 0.0707. The van der Waals surface area contributed by atoms with E-state index in [-0.39, 0.29) is 18.9 Å². The van der Waals surface area contributed by atoms with Gasteiger partial charge >= 0.3 is 5.97 Å². The van der Waals surface area contributed by atoms with Gasteiger partial charge in [-0.3, -0.25) is 14.4 Å². The summed E-state index contributed by atoms with van der Waals surface area (Å²) in [6.07, 6.45) is -0.853. The highest BCUT2D eigenvalue weighted by atomic mass is 35.5. The number of rotatable bonds is 8. The van der Waals surface area contributed by atoms with Crippen molar-refractivity contribution in [3.63, 3.8) is 0 Å². The number of ether oxygens (including phenoxy) is 2. The van der Waals surface area contributed by atoms with Crippen LogP contribution in [-0.2, 0) is 30.4 Å². The summed E-state index contributed by atoms with van der Waals surface area (Å²) in [4.78, 5) is 37.9. The first kappa shape index (κ1) is 20.2. The molecule has 1 N–H and O–H groups in total. The first-order valence-corrected chi connectivity index (χ1v) is 8.78. The average Bonchev–Trinajstić information content (AvgIpc) is 2.98. The summed E-state index contributed by atoms with van der Waals surface area (Å²) in [6, 6.07) is 7.26. The fourth-order valence-corrected chi connectivity index (χ4v) is 2.85. The first-order chi connectivity index (χ1) is 12.4. The van der Waals surface area contributed by atoms with Gasteiger partial charge in [0.2, 0.25) is 5.91 Å². The van der Waals surface area contributed by atoms with E-state index in [0.29, 0.717) is 24.7 Å². The van der Waals surface area contributed by atoms with Gasteiger partial charge in [0, 0.05) is 38.2 Å². The molecule has 0 saturated carbocycles. The molecule has 1 fully saturated rings. The largest absolute Gasteiger partial charge is 0.452 e. The summed E-state index contributed by atoms with van der Waals surface area (Å²) in [6.45, 7) is 2.81. The lowest BCUT2D eigenvalue weighted by Crippen LogP contribution is -2.38. The van der Waals surface area contributed by atoms with Crippen LogP contribution in [0.5, 0.6) is 0 Å². The molecule has 0 radical (unpaired) electrons. The summed E-state index contributed by atoms with van der Waals surface area (Å²) in [7, 11) is 1.53. The molecule has 1 aromatic carbocycles. The second-order valence-corrected chi connectivity index (χ2v) is 6.54. The second-order valence-electron chi connectivity index (χ2n) is 6.13. The molecule has 2 amide bonds. The van der Waals surface area contributed by atoms with Crippen molar-refractivity contribution < 1.29 is 23.9 Å². The summed E-state index contributed by atoms with van der Waals surface area (Å²) in [5, 5.41) is 3.18. The Morgan fingerprint density at radius 1 is 1.38 bits per heavy atom. The molecule has 1 aliphatic heterocycles. The molecule has 1 aliphatic rings. The number of esters is 1. The summed E-state index contributed by atoms with van der Waals surface area (Å²) in [5.41, 5.74) is 0.822. The number of nitrogens with zero attached hydrogens (tertiary/aromatic N) is 1. The number of nitrogens with one attached hydrogen (secondary N) is 1. The maximum atomic E-state index is 12.3. The number of hydrogen-bond donors (Lipinski definition) is 1. The number of carbonyl (C=O) groups is 3. The van der Waals surface area contributed by atoms with E-state index in [2.05, 4.69) is 5.32 Å². The van der Waals surface area contributed by atoms with Crippen molar-refractivity contribution >= 4 is 29.4 Å². The van der Waals surface area contributed by atoms with Gasteiger partial charge in [-0.15, -0.1) is 0 Å². The number of halogens is 1. The van der Waals surface area contributed by atoms with Crippen molar-refractivity contribution in [2.75, 3.05) is 26.8 Å². The standard InChI is InChI=1S/C18H23ClN2O5/c1-12(17(23)20-7-8-25-2)26-18(24)14-9-16(22)21(11-14)10-13-5-3-4-6-15(13)19/h3-6,12,14H,7-11H2,1-2H3,(H,20,23)/t12-,14-/m0/s1. The molecule has 2 atom stereocenters. The van der Waals surface area contributed by atoms with Crippen molar-refractivity contribution in [1.29, 1.82) is 0 Å². The van der Waals surface area contributed by atoms with Crippen LogP contribution in [0.1, 0.15) is 18.9 Å². The zero-order chi connectivity index (χ0) is 19.1. The van der Waals surface area contributed by atoms with Gasteiger partial charge in [-0.1, -0.05) is 29.8 Å². The summed E-state index contributed by atoms with van der Waals surface area (Å²) >= 11 is 6.12. The number of amides is 2. The van der Waals surface area contributed by atoms with Crippen molar-refractivity contribution in [3.05, 3.63) is 34.9 Å². The van der Waals surface area contributed by atoms with Crippen LogP contribution in [0.3, 0.4) is 0 Å². The zero-order valence-electron chi connectivity index (χ0n) is 14.9. The van der Waals surface area contributed by atoms with E-state index in [1.807, 2.05) is 18.2 Å². The van der Waals surface area contributed by atoms with Crippen molar-refractivity contribution in [2.45, 2.75) is 26.0 Å². The van der Waals surface area contributed by atoms with Gasteiger partial charge < -0.3 is 19.7 Å². The van der Waals surface area contributed by atoms with Crippen LogP contribution < -0.4 is 5.32 Å². The Morgan fingerprint density at radius 2 is 2.12 bits per heavy atom. The number of likely N-dealkylation sites (tertiary alicyclic amines) is 1. The summed E-state index contributed by atoms with van der Waals surface area (Å²) in [5.74, 6) is -1.66. The lowest BCUT2D eigenvalue weighted by atomic mass is 10.1. The van der Waals surface area contributed by atoms with Gasteiger partial charge in [0.05, 0.1) is 12.5 Å². The Morgan fingerprint density at radius 3 is 2.81 bits per heavy atom. The van der Waals surface area contributed by atoms with Crippen LogP contribution in [0.25, 0.3) is 0 Å². The minimum Gasteiger partial charge on any atom is -0.452 e. The molecule has 7 nitrogen and oxygen atoms in total. The molecule has 0 bridgehead atoms. The highest BCUT2D eigenvalue weighted by Gasteiger charge is 2.36. The normalized spacial score (nSPS) is 17.9. The first-order valence-electron chi connectivity index (χ1n) is 8.40. The molecule has 2 rings (SSSR count). The second kappa shape index (κ2) is 9.54. The van der Waals surface area contributed by atoms with Gasteiger partial charge in [0.1, 0.15) is 0 Å². The Hall–Kier alpha value is -2.12. The molecule has 0 aliphatic carbocycles. The molecule has 8 heteroatoms. The molecule has 1 aromatic rings. The van der Waals surface area contributed by atoms with Crippen LogP contribution in [0, 0.1) is 5.92 Å². The minimum atomic E-state index is -0.924. The third-order valence-electron chi connectivity index (χ3n) is 4.13. The van der Waals surface area contributed by atoms with Crippen LogP contribution in [-0.4, -0.2) is 55.6 Å². The van der Waals surface area contributed by atoms with Gasteiger partial charge in [-0.2, -0.15) is 0 Å². The van der Waals surface area contributed by atoms with E-state index in [0.717, 1.165) is 5.56 Å². The molecule has 0 spiro atoms. The van der Waals surface area contributed by atoms with Crippen LogP contribution in [0.4, 0.5) is 0 Å². The molecule has 1 saturated heterocycles. The maximum Gasteiger partial charge on any atom is 0.312 e. The Kier molecular flexibility index (Phi) is 7.41. The molecular weight excluding hydrogens is 360 g/mol. The topological polar surface area (TPSA) is 84.9 Å².